The van der Waals surface area contributed by atoms with Gasteiger partial charge in [-0.05, 0) is 49.9 Å². The molecule has 3 aromatic rings. The smallest absolute Gasteiger partial charge is 0.459 e. The lowest BCUT2D eigenvalue weighted by Crippen LogP contribution is -2.53. The first-order valence-electron chi connectivity index (χ1n) is 14.2. The quantitative estimate of drug-likeness (QED) is 0.128. The summed E-state index contributed by atoms with van der Waals surface area (Å²) in [7, 11) is -3.39. The summed E-state index contributed by atoms with van der Waals surface area (Å²) in [6, 6.07) is 11.8. The van der Waals surface area contributed by atoms with Crippen molar-refractivity contribution in [1.82, 2.24) is 19.7 Å². The first-order valence-corrected chi connectivity index (χ1v) is 15.8. The number of para-hydroxylation sites is 1. The fourth-order valence-electron chi connectivity index (χ4n) is 4.41. The lowest BCUT2D eigenvalue weighted by atomic mass is 9.92. The van der Waals surface area contributed by atoms with Crippen LogP contribution in [0.25, 0.3) is 5.52 Å². The highest BCUT2D eigenvalue weighted by Crippen LogP contribution is 2.47. The van der Waals surface area contributed by atoms with Crippen molar-refractivity contribution in [3.05, 3.63) is 54.5 Å². The molecule has 246 valence electrons. The van der Waals surface area contributed by atoms with E-state index < -0.39 is 56.1 Å². The molecule has 16 nitrogen and oxygen atoms in total. The number of ether oxygens (including phenoxy) is 4. The third-order valence-electron chi connectivity index (χ3n) is 6.96. The monoisotopic (exact) mass is 658 g/mol. The van der Waals surface area contributed by atoms with E-state index in [9.17, 15) is 24.2 Å². The number of nitriles is 1. The maximum Gasteiger partial charge on any atom is 0.459 e. The summed E-state index contributed by atoms with van der Waals surface area (Å²) < 4.78 is 49.0. The fourth-order valence-corrected chi connectivity index (χ4v) is 5.93. The Bertz CT molecular complexity index is 1640. The first-order chi connectivity index (χ1) is 21.9. The number of nitrogens with zero attached hydrogens (tertiary/aromatic N) is 4. The number of hydrogen-bond donors (Lipinski definition) is 2. The van der Waals surface area contributed by atoms with Crippen LogP contribution in [0.2, 0.25) is 0 Å². The number of aromatic nitrogens is 3. The molecule has 2 aromatic heterocycles. The summed E-state index contributed by atoms with van der Waals surface area (Å²) >= 11 is 0. The second-order valence-electron chi connectivity index (χ2n) is 10.6. The van der Waals surface area contributed by atoms with Gasteiger partial charge >= 0.3 is 25.7 Å². The minimum absolute atomic E-state index is 0.100. The van der Waals surface area contributed by atoms with Gasteiger partial charge in [-0.1, -0.05) is 18.2 Å². The molecule has 46 heavy (non-hydrogen) atoms. The summed E-state index contributed by atoms with van der Waals surface area (Å²) in [6.07, 6.45) is -0.186. The molecule has 0 radical (unpaired) electrons. The van der Waals surface area contributed by atoms with E-state index in [1.54, 1.807) is 24.3 Å². The Morgan fingerprint density at radius 3 is 2.46 bits per heavy atom. The largest absolute Gasteiger partial charge is 0.464 e. The number of esters is 3. The summed E-state index contributed by atoms with van der Waals surface area (Å²) in [6.45, 7) is 2.95. The molecule has 0 saturated heterocycles. The number of methoxy groups -OCH3 is 1. The van der Waals surface area contributed by atoms with Gasteiger partial charge in [0.05, 0.1) is 12.3 Å². The van der Waals surface area contributed by atoms with Gasteiger partial charge in [0, 0.05) is 21.0 Å². The van der Waals surface area contributed by atoms with E-state index in [1.165, 1.54) is 29.6 Å². The van der Waals surface area contributed by atoms with E-state index in [-0.39, 0.29) is 23.9 Å². The van der Waals surface area contributed by atoms with E-state index >= 15 is 0 Å². The van der Waals surface area contributed by atoms with Crippen molar-refractivity contribution in [1.29, 1.82) is 5.26 Å². The molecule has 0 amide bonds. The Kier molecular flexibility index (Phi) is 11.0. The predicted molar refractivity (Wildman–Crippen MR) is 160 cm³/mol. The van der Waals surface area contributed by atoms with Crippen LogP contribution in [0.15, 0.2) is 48.8 Å². The highest BCUT2D eigenvalue weighted by molar-refractivity contribution is 7.52. The van der Waals surface area contributed by atoms with Gasteiger partial charge in [0.1, 0.15) is 36.3 Å². The minimum atomic E-state index is -4.52. The zero-order valence-electron chi connectivity index (χ0n) is 25.7. The highest BCUT2D eigenvalue weighted by Gasteiger charge is 2.52. The van der Waals surface area contributed by atoms with Crippen LogP contribution in [0.4, 0.5) is 5.82 Å². The molecule has 2 heterocycles. The maximum absolute atomic E-state index is 14.2. The van der Waals surface area contributed by atoms with E-state index in [0.717, 1.165) is 40.1 Å². The van der Waals surface area contributed by atoms with Crippen LogP contribution in [-0.4, -0.2) is 70.6 Å². The van der Waals surface area contributed by atoms with Gasteiger partial charge in [0.25, 0.3) is 0 Å². The zero-order valence-corrected chi connectivity index (χ0v) is 26.5. The molecule has 1 saturated carbocycles. The summed E-state index contributed by atoms with van der Waals surface area (Å²) in [4.78, 5) is 41.4. The average molecular weight is 659 g/mol. The number of nitrogens with two attached hydrogens (primary N) is 1. The third-order valence-corrected chi connectivity index (χ3v) is 8.58. The second kappa shape index (κ2) is 14.7. The maximum atomic E-state index is 14.2. The van der Waals surface area contributed by atoms with E-state index in [2.05, 4.69) is 15.2 Å². The van der Waals surface area contributed by atoms with E-state index in [1.807, 2.05) is 6.07 Å². The van der Waals surface area contributed by atoms with Crippen molar-refractivity contribution in [2.24, 2.45) is 5.92 Å². The van der Waals surface area contributed by atoms with Crippen LogP contribution in [0.3, 0.4) is 0 Å². The van der Waals surface area contributed by atoms with Gasteiger partial charge in [-0.3, -0.25) is 18.9 Å². The number of carbonyl (C=O) groups excluding carboxylic acids is 3. The van der Waals surface area contributed by atoms with Crippen LogP contribution in [0, 0.1) is 17.2 Å². The van der Waals surface area contributed by atoms with Crippen molar-refractivity contribution < 1.29 is 46.9 Å². The molecule has 1 fully saturated rings. The fraction of sp³-hybridized carbons (Fsp3) is 0.448. The molecule has 5 atom stereocenters. The normalized spacial score (nSPS) is 17.4. The molecular formula is C29H35N6O10P. The van der Waals surface area contributed by atoms with Crippen LogP contribution in [-0.2, 0) is 42.4 Å². The molecule has 17 heteroatoms. The first kappa shape index (κ1) is 34.3. The van der Waals surface area contributed by atoms with Gasteiger partial charge < -0.3 is 29.2 Å². The number of hydrogen-bond acceptors (Lipinski definition) is 14. The van der Waals surface area contributed by atoms with Gasteiger partial charge in [-0.2, -0.15) is 15.4 Å². The minimum Gasteiger partial charge on any atom is -0.464 e. The Hall–Kier alpha value is -4.55. The van der Waals surface area contributed by atoms with Crippen molar-refractivity contribution >= 4 is 37.0 Å². The molecule has 0 spiro atoms. The van der Waals surface area contributed by atoms with Gasteiger partial charge in [0.15, 0.2) is 18.0 Å². The van der Waals surface area contributed by atoms with Crippen LogP contribution >= 0.6 is 7.75 Å². The lowest BCUT2D eigenvalue weighted by Gasteiger charge is -2.37. The van der Waals surface area contributed by atoms with E-state index in [0.29, 0.717) is 11.4 Å². The topological polar surface area (TPSA) is 216 Å². The number of anilines is 1. The Morgan fingerprint density at radius 1 is 1.15 bits per heavy atom. The van der Waals surface area contributed by atoms with Crippen molar-refractivity contribution in [2.45, 2.75) is 57.5 Å². The summed E-state index contributed by atoms with van der Waals surface area (Å²) in [5, 5.41) is 17.2. The summed E-state index contributed by atoms with van der Waals surface area (Å²) in [5.74, 6) is -1.86. The van der Waals surface area contributed by atoms with Crippen LogP contribution < -0.4 is 15.3 Å². The zero-order chi connectivity index (χ0) is 33.5. The number of carbonyl (C=O) groups is 3. The average Bonchev–Trinajstić information content (AvgIpc) is 3.75. The number of fused-ring (bicyclic) bond motifs is 1. The van der Waals surface area contributed by atoms with Gasteiger partial charge in [-0.15, -0.1) is 0 Å². The summed E-state index contributed by atoms with van der Waals surface area (Å²) in [5.41, 5.74) is 4.15. The van der Waals surface area contributed by atoms with Gasteiger partial charge in [-0.25, -0.2) is 14.1 Å². The number of benzene rings is 1. The standard InChI is InChI=1S/C29H35N6O10P/c1-18(28(38)41-14-21-10-11-21)34-46(39,45-22-8-6-5-7-9-22)42-16-29(15-30,40-4)26(44-20(3)37)25(43-19(2)36)23-12-13-24-27(31)32-17-33-35(23)24/h5-9,12-13,17-18,21,25-26H,10-11,14,16H2,1-4H3,(H,34,39)(H2,31,32,33)/t18-,25-,26-,29+,46?/m0/s1. The molecule has 0 aliphatic heterocycles. The highest BCUT2D eigenvalue weighted by atomic mass is 31.2. The Morgan fingerprint density at radius 2 is 1.85 bits per heavy atom. The molecule has 1 unspecified atom stereocenters. The third kappa shape index (κ3) is 8.38. The Labute approximate surface area is 264 Å². The second-order valence-corrected chi connectivity index (χ2v) is 12.3. The molecule has 3 N–H and O–H groups in total. The molecular weight excluding hydrogens is 623 g/mol. The van der Waals surface area contributed by atoms with Gasteiger partial charge in [0.2, 0.25) is 5.60 Å². The number of nitrogen functional groups attached to an aromatic ring is 1. The Balaban J connectivity index is 1.70. The number of rotatable bonds is 16. The molecule has 4 rings (SSSR count). The van der Waals surface area contributed by atoms with E-state index in [4.69, 9.17) is 33.7 Å². The molecule has 1 aromatic carbocycles. The molecule has 1 aliphatic rings. The van der Waals surface area contributed by atoms with Crippen LogP contribution in [0.1, 0.15) is 45.4 Å². The SMILES string of the molecule is CO[C@](C#N)(COP(=O)(N[C@@H](C)C(=O)OCC1CC1)Oc1ccccc1)[C@@H](OC(C)=O)[C@@H](OC(C)=O)c1ccc2c(N)ncnn12. The van der Waals surface area contributed by atoms with Crippen molar-refractivity contribution in [3.63, 3.8) is 0 Å². The van der Waals surface area contributed by atoms with Crippen molar-refractivity contribution in [2.75, 3.05) is 26.1 Å². The lowest BCUT2D eigenvalue weighted by molar-refractivity contribution is -0.191. The number of nitrogens with one attached hydrogen (secondary N) is 1. The van der Waals surface area contributed by atoms with Crippen LogP contribution in [0.5, 0.6) is 5.75 Å². The predicted octanol–water partition coefficient (Wildman–Crippen LogP) is 2.89. The molecule has 1 aliphatic carbocycles. The van der Waals surface area contributed by atoms with Crippen molar-refractivity contribution in [3.8, 4) is 11.8 Å². The molecule has 0 bridgehead atoms.